The second kappa shape index (κ2) is 10.7. The molecule has 1 aliphatic rings. The lowest BCUT2D eigenvalue weighted by Crippen LogP contribution is -2.30. The maximum atomic E-state index is 3.76. The van der Waals surface area contributed by atoms with Crippen LogP contribution in [0.2, 0.25) is 0 Å². The molecule has 0 radical (unpaired) electrons. The molecule has 1 nitrogen and oxygen atoms in total. The molecule has 2 unspecified atom stereocenters. The molecular formula is C32H37N. The Morgan fingerprint density at radius 3 is 1.73 bits per heavy atom. The van der Waals surface area contributed by atoms with Crippen LogP contribution < -0.4 is 5.32 Å². The Morgan fingerprint density at radius 2 is 1.21 bits per heavy atom. The van der Waals surface area contributed by atoms with E-state index >= 15 is 0 Å². The van der Waals surface area contributed by atoms with Gasteiger partial charge in [-0.05, 0) is 79.3 Å². The molecule has 3 aromatic carbocycles. The van der Waals surface area contributed by atoms with Crippen molar-refractivity contribution in [1.29, 1.82) is 0 Å². The molecule has 0 amide bonds. The summed E-state index contributed by atoms with van der Waals surface area (Å²) in [5.41, 5.74) is 8.73. The van der Waals surface area contributed by atoms with Crippen molar-refractivity contribution >= 4 is 17.3 Å². The van der Waals surface area contributed by atoms with Gasteiger partial charge in [0, 0.05) is 11.7 Å². The lowest BCUT2D eigenvalue weighted by molar-refractivity contribution is 0.281. The molecule has 1 aliphatic carbocycles. The van der Waals surface area contributed by atoms with Gasteiger partial charge in [-0.15, -0.1) is 0 Å². The van der Waals surface area contributed by atoms with Crippen LogP contribution in [0.15, 0.2) is 84.9 Å². The number of nitrogens with one attached hydrogen (secondary N) is 1. The minimum atomic E-state index is 0.597. The summed E-state index contributed by atoms with van der Waals surface area (Å²) in [6.45, 7) is 9.03. The van der Waals surface area contributed by atoms with Gasteiger partial charge in [-0.2, -0.15) is 0 Å². The minimum Gasteiger partial charge on any atom is -0.382 e. The molecule has 4 rings (SSSR count). The first-order valence-electron chi connectivity index (χ1n) is 12.4. The van der Waals surface area contributed by atoms with Gasteiger partial charge in [0.2, 0.25) is 0 Å². The van der Waals surface area contributed by atoms with Crippen molar-refractivity contribution in [3.8, 4) is 0 Å². The minimum absolute atomic E-state index is 0.597. The van der Waals surface area contributed by atoms with Crippen LogP contribution in [0.5, 0.6) is 0 Å². The van der Waals surface area contributed by atoms with Crippen molar-refractivity contribution in [2.45, 2.75) is 53.0 Å². The van der Waals surface area contributed by atoms with Crippen LogP contribution in [0, 0.1) is 25.7 Å². The average molecular weight is 436 g/mol. The molecule has 1 fully saturated rings. The molecule has 1 heteroatoms. The largest absolute Gasteiger partial charge is 0.382 e. The molecule has 170 valence electrons. The zero-order valence-corrected chi connectivity index (χ0v) is 20.5. The predicted molar refractivity (Wildman–Crippen MR) is 145 cm³/mol. The van der Waals surface area contributed by atoms with Crippen LogP contribution in [0.1, 0.15) is 60.9 Å². The zero-order chi connectivity index (χ0) is 23.2. The number of anilines is 1. The van der Waals surface area contributed by atoms with Crippen molar-refractivity contribution in [2.75, 3.05) is 5.32 Å². The van der Waals surface area contributed by atoms with E-state index in [0.29, 0.717) is 6.04 Å². The summed E-state index contributed by atoms with van der Waals surface area (Å²) in [5.74, 6) is 1.63. The monoisotopic (exact) mass is 435 g/mol. The number of allylic oxidation sites excluding steroid dienone is 2. The van der Waals surface area contributed by atoms with Gasteiger partial charge >= 0.3 is 0 Å². The first-order chi connectivity index (χ1) is 16.0. The second-order valence-electron chi connectivity index (χ2n) is 10.1. The number of hydrogen-bond donors (Lipinski definition) is 1. The third kappa shape index (κ3) is 6.48. The molecule has 0 aliphatic heterocycles. The van der Waals surface area contributed by atoms with E-state index in [-0.39, 0.29) is 0 Å². The highest BCUT2D eigenvalue weighted by molar-refractivity contribution is 5.81. The maximum Gasteiger partial charge on any atom is 0.0342 e. The Kier molecular flexibility index (Phi) is 7.50. The Labute approximate surface area is 200 Å². The van der Waals surface area contributed by atoms with Crippen molar-refractivity contribution in [1.82, 2.24) is 0 Å². The van der Waals surface area contributed by atoms with E-state index in [1.165, 1.54) is 58.3 Å². The molecule has 0 aromatic heterocycles. The van der Waals surface area contributed by atoms with Gasteiger partial charge in [-0.1, -0.05) is 104 Å². The Balaban J connectivity index is 1.49. The summed E-state index contributed by atoms with van der Waals surface area (Å²) in [6.07, 6.45) is 10.5. The number of rotatable bonds is 6. The summed E-state index contributed by atoms with van der Waals surface area (Å²) in [6, 6.07) is 27.0. The van der Waals surface area contributed by atoms with Crippen LogP contribution in [-0.2, 0) is 0 Å². The van der Waals surface area contributed by atoms with E-state index in [1.807, 2.05) is 0 Å². The SMILES string of the molecule is Cc1ccc(C(=C/C=C/c2ccc(NC3CC(C)CC(C)C3)cc2)c2ccc(C)cc2)cc1. The third-order valence-electron chi connectivity index (χ3n) is 6.74. The van der Waals surface area contributed by atoms with E-state index in [1.54, 1.807) is 0 Å². The van der Waals surface area contributed by atoms with Crippen molar-refractivity contribution in [3.05, 3.63) is 113 Å². The highest BCUT2D eigenvalue weighted by Crippen LogP contribution is 2.30. The molecular weight excluding hydrogens is 398 g/mol. The van der Waals surface area contributed by atoms with Gasteiger partial charge in [0.15, 0.2) is 0 Å². The second-order valence-corrected chi connectivity index (χ2v) is 10.1. The van der Waals surface area contributed by atoms with Gasteiger partial charge < -0.3 is 5.32 Å². The summed E-state index contributed by atoms with van der Waals surface area (Å²) < 4.78 is 0. The predicted octanol–water partition coefficient (Wildman–Crippen LogP) is 8.69. The highest BCUT2D eigenvalue weighted by Gasteiger charge is 2.23. The third-order valence-corrected chi connectivity index (χ3v) is 6.74. The molecule has 1 saturated carbocycles. The van der Waals surface area contributed by atoms with Crippen LogP contribution in [-0.4, -0.2) is 6.04 Å². The molecule has 1 N–H and O–H groups in total. The zero-order valence-electron chi connectivity index (χ0n) is 20.5. The van der Waals surface area contributed by atoms with Crippen LogP contribution in [0.3, 0.4) is 0 Å². The molecule has 0 bridgehead atoms. The van der Waals surface area contributed by atoms with E-state index < -0.39 is 0 Å². The summed E-state index contributed by atoms with van der Waals surface area (Å²) >= 11 is 0. The lowest BCUT2D eigenvalue weighted by atomic mass is 9.80. The van der Waals surface area contributed by atoms with Crippen molar-refractivity contribution in [3.63, 3.8) is 0 Å². The van der Waals surface area contributed by atoms with E-state index in [0.717, 1.165) is 11.8 Å². The molecule has 0 spiro atoms. The lowest BCUT2D eigenvalue weighted by Gasteiger charge is -2.32. The topological polar surface area (TPSA) is 12.0 Å². The fourth-order valence-corrected chi connectivity index (χ4v) is 5.07. The normalized spacial score (nSPS) is 20.5. The van der Waals surface area contributed by atoms with Gasteiger partial charge in [0.25, 0.3) is 0 Å². The van der Waals surface area contributed by atoms with Gasteiger partial charge in [0.05, 0.1) is 0 Å². The van der Waals surface area contributed by atoms with Gasteiger partial charge in [-0.3, -0.25) is 0 Å². The molecule has 0 saturated heterocycles. The number of hydrogen-bond acceptors (Lipinski definition) is 1. The standard InChI is InChI=1S/C32H37N/c1-23-8-14-28(15-9-23)32(29-16-10-24(2)11-17-29)7-5-6-27-12-18-30(19-13-27)33-31-21-25(3)20-26(4)22-31/h5-19,25-26,31,33H,20-22H2,1-4H3/b6-5+. The van der Waals surface area contributed by atoms with Crippen molar-refractivity contribution < 1.29 is 0 Å². The van der Waals surface area contributed by atoms with Gasteiger partial charge in [0.1, 0.15) is 0 Å². The first-order valence-corrected chi connectivity index (χ1v) is 12.4. The summed E-state index contributed by atoms with van der Waals surface area (Å²) in [4.78, 5) is 0. The fourth-order valence-electron chi connectivity index (χ4n) is 5.07. The Hall–Kier alpha value is -3.06. The fraction of sp³-hybridized carbons (Fsp3) is 0.312. The maximum absolute atomic E-state index is 3.76. The quantitative estimate of drug-likeness (QED) is 0.382. The number of benzene rings is 3. The smallest absolute Gasteiger partial charge is 0.0342 e. The molecule has 3 aromatic rings. The highest BCUT2D eigenvalue weighted by atomic mass is 14.9. The van der Waals surface area contributed by atoms with Gasteiger partial charge in [-0.25, -0.2) is 0 Å². The van der Waals surface area contributed by atoms with E-state index in [2.05, 4.69) is 124 Å². The van der Waals surface area contributed by atoms with Crippen LogP contribution in [0.25, 0.3) is 11.6 Å². The van der Waals surface area contributed by atoms with E-state index in [4.69, 9.17) is 0 Å². The number of aryl methyl sites for hydroxylation is 2. The summed E-state index contributed by atoms with van der Waals surface area (Å²) in [5, 5.41) is 3.76. The van der Waals surface area contributed by atoms with E-state index in [9.17, 15) is 0 Å². The van der Waals surface area contributed by atoms with Crippen LogP contribution in [0.4, 0.5) is 5.69 Å². The summed E-state index contributed by atoms with van der Waals surface area (Å²) in [7, 11) is 0. The molecule has 2 atom stereocenters. The van der Waals surface area contributed by atoms with Crippen molar-refractivity contribution in [2.24, 2.45) is 11.8 Å². The Morgan fingerprint density at radius 1 is 0.697 bits per heavy atom. The first kappa shape index (κ1) is 23.1. The molecule has 0 heterocycles. The average Bonchev–Trinajstić information content (AvgIpc) is 2.79. The Bertz CT molecular complexity index is 1030. The molecule has 33 heavy (non-hydrogen) atoms. The van der Waals surface area contributed by atoms with Crippen LogP contribution >= 0.6 is 0 Å².